The van der Waals surface area contributed by atoms with Gasteiger partial charge in [0.1, 0.15) is 0 Å². The Bertz CT molecular complexity index is 448. The Morgan fingerprint density at radius 3 is 2.43 bits per heavy atom. The van der Waals surface area contributed by atoms with Crippen LogP contribution >= 0.6 is 11.6 Å². The number of nitrogens with zero attached hydrogens (tertiary/aromatic N) is 1. The number of rotatable bonds is 1. The van der Waals surface area contributed by atoms with Crippen LogP contribution in [0, 0.1) is 28.6 Å². The molecule has 4 saturated carbocycles. The van der Waals surface area contributed by atoms with Gasteiger partial charge in [-0.05, 0) is 68.1 Å². The van der Waals surface area contributed by atoms with E-state index < -0.39 is 0 Å². The molecule has 0 aromatic carbocycles. The standard InChI is InChI=1S/C18H28ClNO/c1-12-10-20(4-3-15(12)19)16(21)18-8-13-5-14(9-18)7-17(2,6-13)11-18/h12-15H,3-11H2,1-2H3. The van der Waals surface area contributed by atoms with E-state index in [1.54, 1.807) is 0 Å². The zero-order valence-electron chi connectivity index (χ0n) is 13.4. The second-order valence-corrected chi connectivity index (χ2v) is 9.65. The van der Waals surface area contributed by atoms with Crippen LogP contribution in [-0.4, -0.2) is 29.3 Å². The van der Waals surface area contributed by atoms with Crippen LogP contribution in [0.4, 0.5) is 0 Å². The lowest BCUT2D eigenvalue weighted by Gasteiger charge is -2.61. The second-order valence-electron chi connectivity index (χ2n) is 9.09. The number of carbonyl (C=O) groups excluding carboxylic acids is 1. The van der Waals surface area contributed by atoms with Crippen molar-refractivity contribution in [3.05, 3.63) is 0 Å². The summed E-state index contributed by atoms with van der Waals surface area (Å²) in [7, 11) is 0. The molecule has 0 aromatic heterocycles. The number of carbonyl (C=O) groups is 1. The summed E-state index contributed by atoms with van der Waals surface area (Å²) in [5.74, 6) is 2.57. The Hall–Kier alpha value is -0.240. The molecule has 2 nitrogen and oxygen atoms in total. The number of piperidine rings is 1. The van der Waals surface area contributed by atoms with E-state index in [0.29, 0.717) is 17.2 Å². The van der Waals surface area contributed by atoms with Gasteiger partial charge in [0.2, 0.25) is 5.91 Å². The average Bonchev–Trinajstić information content (AvgIpc) is 2.38. The lowest BCUT2D eigenvalue weighted by atomic mass is 9.44. The maximum atomic E-state index is 13.3. The molecule has 1 saturated heterocycles. The Morgan fingerprint density at radius 2 is 1.86 bits per heavy atom. The monoisotopic (exact) mass is 309 g/mol. The van der Waals surface area contributed by atoms with E-state index in [2.05, 4.69) is 18.7 Å². The lowest BCUT2D eigenvalue weighted by Crippen LogP contribution is -2.59. The molecule has 5 fully saturated rings. The molecule has 0 N–H and O–H groups in total. The first-order valence-corrected chi connectivity index (χ1v) is 9.26. The molecule has 0 aromatic rings. The summed E-state index contributed by atoms with van der Waals surface area (Å²) < 4.78 is 0. The lowest BCUT2D eigenvalue weighted by molar-refractivity contribution is -0.167. The van der Waals surface area contributed by atoms with Gasteiger partial charge in [-0.25, -0.2) is 0 Å². The first-order chi connectivity index (χ1) is 9.89. The van der Waals surface area contributed by atoms with Crippen molar-refractivity contribution < 1.29 is 4.79 Å². The SMILES string of the molecule is CC1CN(C(=O)C23CC4CC(CC(C)(C4)C2)C3)CCC1Cl. The summed E-state index contributed by atoms with van der Waals surface area (Å²) >= 11 is 6.34. The van der Waals surface area contributed by atoms with Crippen LogP contribution in [-0.2, 0) is 4.79 Å². The largest absolute Gasteiger partial charge is 0.342 e. The molecular formula is C18H28ClNO. The van der Waals surface area contributed by atoms with E-state index in [4.69, 9.17) is 11.6 Å². The summed E-state index contributed by atoms with van der Waals surface area (Å²) in [4.78, 5) is 15.5. The van der Waals surface area contributed by atoms with Crippen molar-refractivity contribution in [3.63, 3.8) is 0 Å². The predicted octanol–water partition coefficient (Wildman–Crippen LogP) is 4.07. The number of alkyl halides is 1. The fourth-order valence-corrected chi connectivity index (χ4v) is 6.78. The van der Waals surface area contributed by atoms with Crippen molar-refractivity contribution >= 4 is 17.5 Å². The van der Waals surface area contributed by atoms with Crippen LogP contribution in [0.2, 0.25) is 0 Å². The highest BCUT2D eigenvalue weighted by atomic mass is 35.5. The van der Waals surface area contributed by atoms with Gasteiger partial charge in [-0.15, -0.1) is 11.6 Å². The number of hydrogen-bond donors (Lipinski definition) is 0. The van der Waals surface area contributed by atoms with E-state index in [1.165, 1.54) is 32.1 Å². The van der Waals surface area contributed by atoms with Crippen LogP contribution in [0.5, 0.6) is 0 Å². The smallest absolute Gasteiger partial charge is 0.228 e. The first-order valence-electron chi connectivity index (χ1n) is 8.83. The van der Waals surface area contributed by atoms with E-state index in [0.717, 1.165) is 37.8 Å². The van der Waals surface area contributed by atoms with Gasteiger partial charge in [-0.2, -0.15) is 0 Å². The average molecular weight is 310 g/mol. The molecule has 3 heteroatoms. The third kappa shape index (κ3) is 2.24. The van der Waals surface area contributed by atoms with Gasteiger partial charge in [0.25, 0.3) is 0 Å². The highest BCUT2D eigenvalue weighted by molar-refractivity contribution is 6.20. The molecule has 118 valence electrons. The van der Waals surface area contributed by atoms with Crippen LogP contribution in [0.25, 0.3) is 0 Å². The molecule has 21 heavy (non-hydrogen) atoms. The minimum absolute atomic E-state index is 0.00228. The Morgan fingerprint density at radius 1 is 1.19 bits per heavy atom. The number of hydrogen-bond acceptors (Lipinski definition) is 1. The van der Waals surface area contributed by atoms with Crippen LogP contribution in [0.15, 0.2) is 0 Å². The molecule has 1 aliphatic heterocycles. The summed E-state index contributed by atoms with van der Waals surface area (Å²) in [6.07, 6.45) is 8.61. The normalized spacial score (nSPS) is 52.2. The topological polar surface area (TPSA) is 20.3 Å². The maximum absolute atomic E-state index is 13.3. The Kier molecular flexibility index (Phi) is 3.17. The van der Waals surface area contributed by atoms with Gasteiger partial charge >= 0.3 is 0 Å². The van der Waals surface area contributed by atoms with Crippen molar-refractivity contribution in [2.24, 2.45) is 28.6 Å². The second kappa shape index (κ2) is 4.63. The summed E-state index contributed by atoms with van der Waals surface area (Å²) in [5, 5.41) is 0.253. The van der Waals surface area contributed by atoms with Crippen LogP contribution in [0.1, 0.15) is 58.8 Å². The fraction of sp³-hybridized carbons (Fsp3) is 0.944. The molecule has 4 atom stereocenters. The van der Waals surface area contributed by atoms with Gasteiger partial charge < -0.3 is 4.90 Å². The van der Waals surface area contributed by atoms with E-state index in [1.807, 2.05) is 0 Å². The van der Waals surface area contributed by atoms with Gasteiger partial charge in [0.05, 0.1) is 5.41 Å². The Balaban J connectivity index is 1.57. The maximum Gasteiger partial charge on any atom is 0.228 e. The van der Waals surface area contributed by atoms with Crippen molar-refractivity contribution in [1.29, 1.82) is 0 Å². The number of amides is 1. The minimum Gasteiger partial charge on any atom is -0.342 e. The molecule has 5 aliphatic rings. The van der Waals surface area contributed by atoms with E-state index >= 15 is 0 Å². The third-order valence-electron chi connectivity index (χ3n) is 6.90. The van der Waals surface area contributed by atoms with Gasteiger partial charge in [0, 0.05) is 18.5 Å². The summed E-state index contributed by atoms with van der Waals surface area (Å²) in [5.41, 5.74) is 0.452. The van der Waals surface area contributed by atoms with E-state index in [9.17, 15) is 4.79 Å². The molecule has 0 spiro atoms. The quantitative estimate of drug-likeness (QED) is 0.669. The van der Waals surface area contributed by atoms with Gasteiger partial charge in [-0.1, -0.05) is 13.8 Å². The summed E-state index contributed by atoms with van der Waals surface area (Å²) in [6, 6.07) is 0. The van der Waals surface area contributed by atoms with E-state index in [-0.39, 0.29) is 10.8 Å². The van der Waals surface area contributed by atoms with Crippen LogP contribution < -0.4 is 0 Å². The molecule has 5 rings (SSSR count). The zero-order chi connectivity index (χ0) is 14.8. The molecule has 4 aliphatic carbocycles. The Labute approximate surface area is 133 Å². The highest BCUT2D eigenvalue weighted by Crippen LogP contribution is 2.65. The fourth-order valence-electron chi connectivity index (χ4n) is 6.61. The number of likely N-dealkylation sites (tertiary alicyclic amines) is 1. The van der Waals surface area contributed by atoms with Gasteiger partial charge in [0.15, 0.2) is 0 Å². The molecule has 1 heterocycles. The molecular weight excluding hydrogens is 282 g/mol. The van der Waals surface area contributed by atoms with Crippen LogP contribution in [0.3, 0.4) is 0 Å². The van der Waals surface area contributed by atoms with Gasteiger partial charge in [-0.3, -0.25) is 4.79 Å². The molecule has 0 radical (unpaired) electrons. The van der Waals surface area contributed by atoms with Crippen molar-refractivity contribution in [2.75, 3.05) is 13.1 Å². The third-order valence-corrected chi connectivity index (χ3v) is 7.54. The van der Waals surface area contributed by atoms with Crippen molar-refractivity contribution in [1.82, 2.24) is 4.90 Å². The minimum atomic E-state index is -0.00228. The van der Waals surface area contributed by atoms with Crippen molar-refractivity contribution in [3.8, 4) is 0 Å². The highest BCUT2D eigenvalue weighted by Gasteiger charge is 2.59. The molecule has 4 unspecified atom stereocenters. The number of halogens is 1. The molecule has 1 amide bonds. The molecule has 4 bridgehead atoms. The first kappa shape index (κ1) is 14.4. The van der Waals surface area contributed by atoms with Crippen molar-refractivity contribution in [2.45, 2.75) is 64.2 Å². The zero-order valence-corrected chi connectivity index (χ0v) is 14.2. The predicted molar refractivity (Wildman–Crippen MR) is 85.2 cm³/mol. The summed E-state index contributed by atoms with van der Waals surface area (Å²) in [6.45, 7) is 6.39.